The van der Waals surface area contributed by atoms with Crippen LogP contribution in [0.4, 0.5) is 18.9 Å². The maximum Gasteiger partial charge on any atom is 0.401 e. The minimum Gasteiger partial charge on any atom is -0.382 e. The third kappa shape index (κ3) is 5.18. The first-order chi connectivity index (χ1) is 8.92. The standard InChI is InChI=1S/C13H16F3IN2/c14-13(15,16)9-19-6-4-11(5-7-19)18-12-3-1-2-10(17)8-12/h1-3,8,11,18H,4-7,9H2. The average molecular weight is 384 g/mol. The van der Waals surface area contributed by atoms with E-state index in [0.717, 1.165) is 22.1 Å². The van der Waals surface area contributed by atoms with Crippen LogP contribution in [0.15, 0.2) is 24.3 Å². The first-order valence-electron chi connectivity index (χ1n) is 6.23. The van der Waals surface area contributed by atoms with E-state index in [1.165, 1.54) is 4.90 Å². The molecule has 6 heteroatoms. The Balaban J connectivity index is 1.80. The molecule has 2 rings (SSSR count). The lowest BCUT2D eigenvalue weighted by Gasteiger charge is -2.33. The number of anilines is 1. The molecule has 1 aliphatic rings. The van der Waals surface area contributed by atoms with E-state index in [9.17, 15) is 13.2 Å². The molecule has 0 bridgehead atoms. The summed E-state index contributed by atoms with van der Waals surface area (Å²) in [5.74, 6) is 0. The Morgan fingerprint density at radius 3 is 2.53 bits per heavy atom. The maximum atomic E-state index is 12.3. The summed E-state index contributed by atoms with van der Waals surface area (Å²) in [6.07, 6.45) is -2.58. The predicted octanol–water partition coefficient (Wildman–Crippen LogP) is 3.73. The molecule has 0 radical (unpaired) electrons. The molecule has 1 aromatic rings. The Morgan fingerprint density at radius 2 is 1.95 bits per heavy atom. The van der Waals surface area contributed by atoms with E-state index in [2.05, 4.69) is 27.9 Å². The zero-order valence-electron chi connectivity index (χ0n) is 10.4. The third-order valence-electron chi connectivity index (χ3n) is 3.19. The van der Waals surface area contributed by atoms with Gasteiger partial charge in [-0.15, -0.1) is 0 Å². The van der Waals surface area contributed by atoms with Gasteiger partial charge in [0.2, 0.25) is 0 Å². The van der Waals surface area contributed by atoms with Crippen molar-refractivity contribution < 1.29 is 13.2 Å². The average Bonchev–Trinajstić information content (AvgIpc) is 2.30. The van der Waals surface area contributed by atoms with Crippen LogP contribution in [-0.2, 0) is 0 Å². The molecule has 0 aromatic heterocycles. The van der Waals surface area contributed by atoms with Gasteiger partial charge in [-0.3, -0.25) is 4.90 Å². The number of halogens is 4. The topological polar surface area (TPSA) is 15.3 Å². The normalized spacial score (nSPS) is 18.5. The van der Waals surface area contributed by atoms with Crippen molar-refractivity contribution >= 4 is 28.3 Å². The van der Waals surface area contributed by atoms with Crippen LogP contribution in [0.5, 0.6) is 0 Å². The SMILES string of the molecule is FC(F)(F)CN1CCC(Nc2cccc(I)c2)CC1. The number of hydrogen-bond acceptors (Lipinski definition) is 2. The van der Waals surface area contributed by atoms with Gasteiger partial charge >= 0.3 is 6.18 Å². The Labute approximate surface area is 124 Å². The van der Waals surface area contributed by atoms with E-state index in [-0.39, 0.29) is 6.04 Å². The molecule has 0 spiro atoms. The first kappa shape index (κ1) is 14.9. The summed E-state index contributed by atoms with van der Waals surface area (Å²) in [6, 6.07) is 8.29. The molecule has 19 heavy (non-hydrogen) atoms. The predicted molar refractivity (Wildman–Crippen MR) is 78.3 cm³/mol. The minimum atomic E-state index is -4.09. The highest BCUT2D eigenvalue weighted by molar-refractivity contribution is 14.1. The van der Waals surface area contributed by atoms with E-state index in [0.29, 0.717) is 13.1 Å². The second-order valence-corrected chi connectivity index (χ2v) is 6.07. The van der Waals surface area contributed by atoms with Gasteiger partial charge in [-0.1, -0.05) is 6.07 Å². The van der Waals surface area contributed by atoms with Crippen LogP contribution in [0.1, 0.15) is 12.8 Å². The Kier molecular flexibility index (Phi) is 4.94. The summed E-state index contributed by atoms with van der Waals surface area (Å²) in [7, 11) is 0. The van der Waals surface area contributed by atoms with Crippen molar-refractivity contribution in [2.24, 2.45) is 0 Å². The summed E-state index contributed by atoms with van der Waals surface area (Å²) in [5, 5.41) is 3.39. The number of benzene rings is 1. The van der Waals surface area contributed by atoms with Crippen molar-refractivity contribution in [2.75, 3.05) is 25.0 Å². The molecule has 2 nitrogen and oxygen atoms in total. The molecule has 1 aromatic carbocycles. The third-order valence-corrected chi connectivity index (χ3v) is 3.86. The van der Waals surface area contributed by atoms with Crippen LogP contribution in [0.2, 0.25) is 0 Å². The molecule has 106 valence electrons. The number of alkyl halides is 3. The van der Waals surface area contributed by atoms with Crippen LogP contribution in [0.3, 0.4) is 0 Å². The van der Waals surface area contributed by atoms with Crippen LogP contribution >= 0.6 is 22.6 Å². The molecule has 1 fully saturated rings. The van der Waals surface area contributed by atoms with E-state index >= 15 is 0 Å². The molecule has 0 unspecified atom stereocenters. The van der Waals surface area contributed by atoms with E-state index < -0.39 is 12.7 Å². The van der Waals surface area contributed by atoms with Gasteiger partial charge in [-0.25, -0.2) is 0 Å². The fourth-order valence-corrected chi connectivity index (χ4v) is 2.85. The lowest BCUT2D eigenvalue weighted by Crippen LogP contribution is -2.43. The van der Waals surface area contributed by atoms with Crippen molar-refractivity contribution in [3.8, 4) is 0 Å². The Bertz CT molecular complexity index is 415. The maximum absolute atomic E-state index is 12.3. The quantitative estimate of drug-likeness (QED) is 0.800. The number of nitrogens with one attached hydrogen (secondary N) is 1. The van der Waals surface area contributed by atoms with Crippen molar-refractivity contribution in [3.63, 3.8) is 0 Å². The van der Waals surface area contributed by atoms with Gasteiger partial charge in [0.25, 0.3) is 0 Å². The van der Waals surface area contributed by atoms with E-state index in [4.69, 9.17) is 0 Å². The zero-order chi connectivity index (χ0) is 13.9. The van der Waals surface area contributed by atoms with Crippen molar-refractivity contribution in [1.82, 2.24) is 4.90 Å². The molecule has 0 amide bonds. The Hall–Kier alpha value is -0.500. The largest absolute Gasteiger partial charge is 0.401 e. The molecule has 1 heterocycles. The fourth-order valence-electron chi connectivity index (χ4n) is 2.30. The minimum absolute atomic E-state index is 0.266. The highest BCUT2D eigenvalue weighted by Crippen LogP contribution is 2.22. The number of nitrogens with zero attached hydrogens (tertiary/aromatic N) is 1. The fraction of sp³-hybridized carbons (Fsp3) is 0.538. The molecule has 1 N–H and O–H groups in total. The van der Waals surface area contributed by atoms with E-state index in [1.54, 1.807) is 0 Å². The van der Waals surface area contributed by atoms with Gasteiger partial charge in [0.15, 0.2) is 0 Å². The van der Waals surface area contributed by atoms with Gasteiger partial charge in [0, 0.05) is 28.4 Å². The van der Waals surface area contributed by atoms with Crippen molar-refractivity contribution in [2.45, 2.75) is 25.1 Å². The van der Waals surface area contributed by atoms with Crippen LogP contribution in [-0.4, -0.2) is 36.8 Å². The summed E-state index contributed by atoms with van der Waals surface area (Å²) in [4.78, 5) is 1.48. The number of rotatable bonds is 3. The van der Waals surface area contributed by atoms with E-state index in [1.807, 2.05) is 24.3 Å². The van der Waals surface area contributed by atoms with Crippen LogP contribution < -0.4 is 5.32 Å². The first-order valence-corrected chi connectivity index (χ1v) is 7.31. The lowest BCUT2D eigenvalue weighted by molar-refractivity contribution is -0.147. The summed E-state index contributed by atoms with van der Waals surface area (Å²) in [5.41, 5.74) is 1.04. The molecule has 1 aliphatic heterocycles. The van der Waals surface area contributed by atoms with Gasteiger partial charge in [-0.2, -0.15) is 13.2 Å². The number of piperidine rings is 1. The molecular weight excluding hydrogens is 368 g/mol. The number of hydrogen-bond donors (Lipinski definition) is 1. The van der Waals surface area contributed by atoms with Crippen LogP contribution in [0.25, 0.3) is 0 Å². The Morgan fingerprint density at radius 1 is 1.26 bits per heavy atom. The summed E-state index contributed by atoms with van der Waals surface area (Å²) in [6.45, 7) is 0.213. The number of likely N-dealkylation sites (tertiary alicyclic amines) is 1. The van der Waals surface area contributed by atoms with Gasteiger partial charge in [0.05, 0.1) is 6.54 Å². The molecule has 1 saturated heterocycles. The molecule has 0 aliphatic carbocycles. The smallest absolute Gasteiger partial charge is 0.382 e. The van der Waals surface area contributed by atoms with Gasteiger partial charge < -0.3 is 5.32 Å². The second-order valence-electron chi connectivity index (χ2n) is 4.82. The molecular formula is C13H16F3IN2. The molecule has 0 atom stereocenters. The zero-order valence-corrected chi connectivity index (χ0v) is 12.5. The van der Waals surface area contributed by atoms with Gasteiger partial charge in [0.1, 0.15) is 0 Å². The van der Waals surface area contributed by atoms with Gasteiger partial charge in [-0.05, 0) is 53.6 Å². The highest BCUT2D eigenvalue weighted by Gasteiger charge is 2.32. The molecule has 0 saturated carbocycles. The monoisotopic (exact) mass is 384 g/mol. The summed E-state index contributed by atoms with van der Waals surface area (Å²) >= 11 is 2.24. The second kappa shape index (κ2) is 6.30. The van der Waals surface area contributed by atoms with Crippen molar-refractivity contribution in [3.05, 3.63) is 27.8 Å². The lowest BCUT2D eigenvalue weighted by atomic mass is 10.0. The van der Waals surface area contributed by atoms with Crippen molar-refractivity contribution in [1.29, 1.82) is 0 Å². The summed E-state index contributed by atoms with van der Waals surface area (Å²) < 4.78 is 38.0. The van der Waals surface area contributed by atoms with Crippen LogP contribution in [0, 0.1) is 3.57 Å². The highest BCUT2D eigenvalue weighted by atomic mass is 127.